The van der Waals surface area contributed by atoms with Gasteiger partial charge in [-0.15, -0.1) is 0 Å². The van der Waals surface area contributed by atoms with Crippen LogP contribution >= 0.6 is 0 Å². The number of hydrogen-bond donors (Lipinski definition) is 22. The van der Waals surface area contributed by atoms with Crippen molar-refractivity contribution in [2.75, 3.05) is 19.8 Å². The number of carboxylic acid groups (broad SMARTS) is 1. The fourth-order valence-electron chi connectivity index (χ4n) is 21.9. The molecule has 0 aromatic rings. The van der Waals surface area contributed by atoms with Gasteiger partial charge in [-0.2, -0.15) is 0 Å². The maximum absolute atomic E-state index is 16.4. The molecule has 8 aliphatic heterocycles. The molecule has 0 aromatic heterocycles. The van der Waals surface area contributed by atoms with Crippen molar-refractivity contribution < 1.29 is 203 Å². The number of hydrogen-bond acceptors (Lipinski definition) is 40. The van der Waals surface area contributed by atoms with Gasteiger partial charge in [-0.3, -0.25) is 4.79 Å². The highest BCUT2D eigenvalue weighted by atomic mass is 16.8. The summed E-state index contributed by atoms with van der Waals surface area (Å²) in [6.07, 6.45) is -71.0. The van der Waals surface area contributed by atoms with E-state index in [1.54, 1.807) is 6.92 Å². The summed E-state index contributed by atoms with van der Waals surface area (Å²) in [6.45, 7) is 15.0. The molecule has 49 atom stereocenters. The molecule has 41 nitrogen and oxygen atoms in total. The van der Waals surface area contributed by atoms with Crippen molar-refractivity contribution in [1.82, 2.24) is 0 Å². The smallest absolute Gasteiger partial charge is 0.335 e. The van der Waals surface area contributed by atoms with E-state index in [9.17, 15) is 122 Å². The topological polar surface area (TPSA) is 644 Å². The van der Waals surface area contributed by atoms with Crippen molar-refractivity contribution in [3.63, 3.8) is 0 Å². The van der Waals surface area contributed by atoms with E-state index in [-0.39, 0.29) is 25.2 Å². The van der Waals surface area contributed by atoms with E-state index in [0.717, 1.165) is 11.9 Å². The van der Waals surface area contributed by atoms with Crippen LogP contribution in [0.15, 0.2) is 11.6 Å². The summed E-state index contributed by atoms with van der Waals surface area (Å²) in [5.41, 5.74) is -5.48. The molecule has 41 heteroatoms. The monoisotopic (exact) mass is 1700 g/mol. The Bertz CT molecular complexity index is 3490. The lowest BCUT2D eigenvalue weighted by Gasteiger charge is -2.71. The average Bonchev–Trinajstić information content (AvgIpc) is 0.669. The Morgan fingerprint density at radius 1 is 0.441 bits per heavy atom. The van der Waals surface area contributed by atoms with Gasteiger partial charge in [-0.05, 0) is 125 Å². The normalized spacial score (nSPS) is 55.5. The van der Waals surface area contributed by atoms with E-state index in [0.29, 0.717) is 38.5 Å². The van der Waals surface area contributed by atoms with Crippen molar-refractivity contribution in [3.05, 3.63) is 11.6 Å². The van der Waals surface area contributed by atoms with E-state index < -0.39 is 328 Å². The third-order valence-corrected chi connectivity index (χ3v) is 29.3. The molecule has 4 saturated carbocycles. The number of fused-ring (bicyclic) bond motifs is 7. The highest BCUT2D eigenvalue weighted by molar-refractivity contribution is 5.80. The first-order valence-electron chi connectivity index (χ1n) is 40.8. The molecule has 0 radical (unpaired) electrons. The molecule has 118 heavy (non-hydrogen) atoms. The number of ether oxygens (including phenoxy) is 16. The Balaban J connectivity index is 0.810. The van der Waals surface area contributed by atoms with E-state index in [1.165, 1.54) is 27.7 Å². The SMILES string of the molecule is C[C@@H]1O[C@@H](O[C@H]2[C@@H](O)[C@@H](C)O[C@@H](OC(=O)[C@]34CCC(C)(C)C[C@H]3C3=CC[C@@H]5[C@@]6(C)CC[C@H](O[C@@H]7O[C@H](C(=O)O)[C@@H](O)[C@H](O[C@@H]8O[C@@H](C)[C@H](O)[C@@H](O)[C@H]8O)[C@H]7O[C@@H]7O[C@H](CO)[C@H](O)[C@H](O)[C@H]7O)[C@@](C)(C=O)[C@@H]6CC[C@@]5(C)[C@]3(C)C[C@H]4O)[C@@H]2O[C@@H]2O[C@@H](C)[C@H](O[C@@H]3OC[C@@H](O)[C@H](O)[C@H]3O)[C@@H](O[C@@H]3O[C@H](CO)[C@@H](O)[C@H](O)[C@H]3O)[C@H]2O)[C@H](O)[C@H](O)[C@H]1O. The minimum Gasteiger partial charge on any atom is -0.479 e. The summed E-state index contributed by atoms with van der Waals surface area (Å²) < 4.78 is 98.6. The standard InChI is InChI=1S/C77H122O41/c1-25-38(83)44(89)49(94)64(104-25)112-56-40(85)27(3)106-69(60(56)117-68-54(99)58(114-66-51(96)46(91)42(87)32(21-78)108-66)55(28(4)107-68)111-63-48(93)41(86)31(81)23-103-63)118-71(102)77-18-17-72(5,6)19-30(77)29-11-12-35-73(7)15-14-37(74(8,24-80)34(73)13-16-75(35,9)76(29,10)20-36(77)82)110-70-61(116-67-52(97)47(92)43(88)33(22-79)109-67)57(53(98)59(115-70)62(100)101)113-65-50(95)45(90)39(84)26(2)105-65/h11,24-28,30-61,63-70,78-79,81-99H,12-23H2,1-10H3,(H,100,101)/t25-,26-,27+,28-,30-,31+,32+,33+,34+,35+,36+,37-,38-,39-,40-,41-,42+,43-,44+,45+,46-,47-,48+,49+,50+,51+,52+,53-,54+,55-,56-,57-,58-,59-,60+,61+,63-,64-,65-,66-,67-,68-,69-,70+,73-,74-,75+,76+,77+/m0/s1. The Hall–Kier alpha value is -3.09. The minimum atomic E-state index is -2.26. The second kappa shape index (κ2) is 34.9. The molecule has 676 valence electrons. The van der Waals surface area contributed by atoms with Crippen molar-refractivity contribution >= 4 is 18.2 Å². The quantitative estimate of drug-likeness (QED) is 0.0233. The maximum Gasteiger partial charge on any atom is 0.335 e. The van der Waals surface area contributed by atoms with Gasteiger partial charge in [-0.1, -0.05) is 53.2 Å². The molecule has 8 heterocycles. The van der Waals surface area contributed by atoms with Crippen LogP contribution in [-0.2, 0) is 90.2 Å². The lowest BCUT2D eigenvalue weighted by Crippen LogP contribution is -2.70. The summed E-state index contributed by atoms with van der Waals surface area (Å²) >= 11 is 0. The van der Waals surface area contributed by atoms with E-state index in [1.807, 2.05) is 13.8 Å². The van der Waals surface area contributed by atoms with E-state index in [4.69, 9.17) is 75.8 Å². The van der Waals surface area contributed by atoms with Crippen LogP contribution in [0.25, 0.3) is 0 Å². The van der Waals surface area contributed by atoms with Crippen LogP contribution in [-0.4, -0.2) is 402 Å². The van der Waals surface area contributed by atoms with Crippen LogP contribution < -0.4 is 0 Å². The largest absolute Gasteiger partial charge is 0.479 e. The first kappa shape index (κ1) is 92.6. The second-order valence-corrected chi connectivity index (χ2v) is 36.8. The summed E-state index contributed by atoms with van der Waals surface area (Å²) in [7, 11) is 0. The Kier molecular flexibility index (Phi) is 27.4. The van der Waals surface area contributed by atoms with Gasteiger partial charge in [0, 0.05) is 0 Å². The zero-order valence-electron chi connectivity index (χ0n) is 67.1. The second-order valence-electron chi connectivity index (χ2n) is 36.8. The first-order valence-corrected chi connectivity index (χ1v) is 40.8. The van der Waals surface area contributed by atoms with Crippen molar-refractivity contribution in [2.45, 2.75) is 379 Å². The lowest BCUT2D eigenvalue weighted by molar-refractivity contribution is -0.403. The number of aldehydes is 1. The lowest BCUT2D eigenvalue weighted by atomic mass is 9.33. The number of esters is 1. The van der Waals surface area contributed by atoms with Gasteiger partial charge in [0.25, 0.3) is 0 Å². The number of aliphatic carboxylic acids is 1. The van der Waals surface area contributed by atoms with Crippen molar-refractivity contribution in [2.24, 2.45) is 50.2 Å². The van der Waals surface area contributed by atoms with Gasteiger partial charge in [0.2, 0.25) is 6.29 Å². The third-order valence-electron chi connectivity index (χ3n) is 29.3. The molecular weight excluding hydrogens is 1580 g/mol. The first-order chi connectivity index (χ1) is 55.3. The van der Waals surface area contributed by atoms with Gasteiger partial charge in [0.1, 0.15) is 164 Å². The summed E-state index contributed by atoms with van der Waals surface area (Å²) in [5.74, 6) is -4.44. The minimum absolute atomic E-state index is 0.0182. The molecule has 8 saturated heterocycles. The van der Waals surface area contributed by atoms with Crippen molar-refractivity contribution in [1.29, 1.82) is 0 Å². The number of carboxylic acids is 1. The Morgan fingerprint density at radius 3 is 1.43 bits per heavy atom. The number of rotatable bonds is 20. The highest BCUT2D eigenvalue weighted by Crippen LogP contribution is 2.76. The molecule has 0 unspecified atom stereocenters. The van der Waals surface area contributed by atoms with Crippen LogP contribution in [0, 0.1) is 50.2 Å². The summed E-state index contributed by atoms with van der Waals surface area (Å²) in [5, 5.41) is 245. The fraction of sp³-hybridized carbons (Fsp3) is 0.935. The number of carbonyl (C=O) groups excluding carboxylic acids is 2. The molecule has 5 aliphatic carbocycles. The molecule has 22 N–H and O–H groups in total. The van der Waals surface area contributed by atoms with Gasteiger partial charge >= 0.3 is 11.9 Å². The Morgan fingerprint density at radius 2 is 0.898 bits per heavy atom. The Labute approximate surface area is 678 Å². The molecule has 0 amide bonds. The van der Waals surface area contributed by atoms with Crippen LogP contribution in [0.1, 0.15) is 127 Å². The predicted molar refractivity (Wildman–Crippen MR) is 384 cm³/mol. The molecule has 12 fully saturated rings. The number of carbonyl (C=O) groups is 3. The van der Waals surface area contributed by atoms with Crippen LogP contribution in [0.2, 0.25) is 0 Å². The van der Waals surface area contributed by atoms with Gasteiger partial charge in [0.15, 0.2) is 56.2 Å². The molecule has 0 spiro atoms. The fourth-order valence-corrected chi connectivity index (χ4v) is 21.9. The summed E-state index contributed by atoms with van der Waals surface area (Å²) in [6, 6.07) is 0. The van der Waals surface area contributed by atoms with Gasteiger partial charge in [0.05, 0.1) is 61.9 Å². The van der Waals surface area contributed by atoms with Crippen LogP contribution in [0.5, 0.6) is 0 Å². The zero-order chi connectivity index (χ0) is 86.3. The molecule has 0 bridgehead atoms. The average molecular weight is 1700 g/mol. The predicted octanol–water partition coefficient (Wildman–Crippen LogP) is -7.75. The molecule has 0 aromatic carbocycles. The van der Waals surface area contributed by atoms with Gasteiger partial charge < -0.3 is 193 Å². The van der Waals surface area contributed by atoms with Crippen LogP contribution in [0.3, 0.4) is 0 Å². The third kappa shape index (κ3) is 15.9. The molecule has 13 aliphatic rings. The molecule has 13 rings (SSSR count). The highest BCUT2D eigenvalue weighted by Gasteiger charge is 2.74. The number of allylic oxidation sites excluding steroid dienone is 2. The van der Waals surface area contributed by atoms with E-state index in [2.05, 4.69) is 26.8 Å². The maximum atomic E-state index is 16.4. The molecular formula is C77H122O41. The van der Waals surface area contributed by atoms with Crippen molar-refractivity contribution in [3.8, 4) is 0 Å². The van der Waals surface area contributed by atoms with Gasteiger partial charge in [-0.25, -0.2) is 4.79 Å². The summed E-state index contributed by atoms with van der Waals surface area (Å²) in [4.78, 5) is 43.9. The zero-order valence-corrected chi connectivity index (χ0v) is 67.1. The van der Waals surface area contributed by atoms with E-state index >= 15 is 4.79 Å². The number of aliphatic hydroxyl groups excluding tert-OH is 21. The van der Waals surface area contributed by atoms with Crippen LogP contribution in [0.4, 0.5) is 0 Å². The number of aliphatic hydroxyl groups is 21.